The Kier molecular flexibility index (Phi) is 10.0. The maximum atomic E-state index is 5.29. The van der Waals surface area contributed by atoms with Crippen LogP contribution in [0.4, 0.5) is 17.1 Å². The smallest absolute Gasteiger partial charge is 0.238 e. The van der Waals surface area contributed by atoms with Crippen molar-refractivity contribution in [2.45, 2.75) is 19.3 Å². The third-order valence-electron chi connectivity index (χ3n) is 13.9. The molecule has 0 aliphatic heterocycles. The van der Waals surface area contributed by atoms with E-state index in [4.69, 9.17) is 24.9 Å². The molecule has 13 rings (SSSR count). The molecule has 0 saturated heterocycles. The number of hydrogen-bond donors (Lipinski definition) is 0. The molecule has 8 aromatic carbocycles. The largest absolute Gasteiger partial charge is 0.310 e. The molecule has 0 fully saturated rings. The lowest BCUT2D eigenvalue weighted by Crippen LogP contribution is -2.15. The molecular formula is C64H45N7. The fourth-order valence-electron chi connectivity index (χ4n) is 10.5. The Morgan fingerprint density at radius 3 is 1.46 bits per heavy atom. The van der Waals surface area contributed by atoms with Crippen LogP contribution in [0, 0.1) is 0 Å². The summed E-state index contributed by atoms with van der Waals surface area (Å²) in [6, 6.07) is 78.9. The fourth-order valence-corrected chi connectivity index (χ4v) is 10.5. The maximum absolute atomic E-state index is 5.29. The third-order valence-corrected chi connectivity index (χ3v) is 13.9. The average Bonchev–Trinajstić information content (AvgIpc) is 3.88. The number of benzene rings is 8. The van der Waals surface area contributed by atoms with Gasteiger partial charge in [0.25, 0.3) is 0 Å². The van der Waals surface area contributed by atoms with Crippen molar-refractivity contribution < 1.29 is 0 Å². The van der Waals surface area contributed by atoms with Gasteiger partial charge in [0.2, 0.25) is 5.95 Å². The van der Waals surface area contributed by atoms with Gasteiger partial charge < -0.3 is 4.90 Å². The third kappa shape index (κ3) is 7.34. The van der Waals surface area contributed by atoms with Gasteiger partial charge in [-0.1, -0.05) is 153 Å². The molecule has 7 nitrogen and oxygen atoms in total. The minimum atomic E-state index is -0.212. The van der Waals surface area contributed by atoms with E-state index in [-0.39, 0.29) is 5.41 Å². The van der Waals surface area contributed by atoms with Crippen molar-refractivity contribution in [1.29, 1.82) is 0 Å². The van der Waals surface area contributed by atoms with Crippen molar-refractivity contribution in [2.75, 3.05) is 4.90 Å². The molecule has 12 aromatic rings. The van der Waals surface area contributed by atoms with Crippen molar-refractivity contribution in [3.8, 4) is 73.5 Å². The zero-order valence-electron chi connectivity index (χ0n) is 39.1. The van der Waals surface area contributed by atoms with Crippen molar-refractivity contribution in [2.24, 2.45) is 0 Å². The monoisotopic (exact) mass is 911 g/mol. The summed E-state index contributed by atoms with van der Waals surface area (Å²) in [6.07, 6.45) is 3.68. The first-order valence-corrected chi connectivity index (χ1v) is 24.0. The molecule has 336 valence electrons. The van der Waals surface area contributed by atoms with Crippen LogP contribution in [-0.4, -0.2) is 29.5 Å². The average molecular weight is 912 g/mol. The number of fused-ring (bicyclic) bond motifs is 6. The van der Waals surface area contributed by atoms with Gasteiger partial charge in [-0.15, -0.1) is 0 Å². The molecule has 0 radical (unpaired) electrons. The van der Waals surface area contributed by atoms with Gasteiger partial charge in [0.05, 0.1) is 22.4 Å². The molecule has 7 heteroatoms. The van der Waals surface area contributed by atoms with Gasteiger partial charge in [0.15, 0.2) is 11.6 Å². The van der Waals surface area contributed by atoms with E-state index in [0.29, 0.717) is 17.6 Å². The highest BCUT2D eigenvalue weighted by atomic mass is 15.2. The van der Waals surface area contributed by atoms with Crippen molar-refractivity contribution in [1.82, 2.24) is 29.5 Å². The van der Waals surface area contributed by atoms with Crippen LogP contribution in [0.1, 0.15) is 25.0 Å². The van der Waals surface area contributed by atoms with Crippen molar-refractivity contribution in [3.63, 3.8) is 0 Å². The summed E-state index contributed by atoms with van der Waals surface area (Å²) in [6.45, 7) is 4.66. The van der Waals surface area contributed by atoms with Gasteiger partial charge >= 0.3 is 0 Å². The molecule has 0 N–H and O–H groups in total. The zero-order chi connectivity index (χ0) is 47.5. The second-order valence-electron chi connectivity index (χ2n) is 18.6. The van der Waals surface area contributed by atoms with Gasteiger partial charge in [-0.05, 0) is 118 Å². The second kappa shape index (κ2) is 17.0. The van der Waals surface area contributed by atoms with E-state index >= 15 is 0 Å². The van der Waals surface area contributed by atoms with E-state index < -0.39 is 0 Å². The summed E-state index contributed by atoms with van der Waals surface area (Å²) in [5, 5.41) is 2.24. The summed E-state index contributed by atoms with van der Waals surface area (Å²) in [7, 11) is 0. The zero-order valence-corrected chi connectivity index (χ0v) is 39.1. The van der Waals surface area contributed by atoms with Gasteiger partial charge in [-0.3, -0.25) is 14.5 Å². The molecular weight excluding hydrogens is 867 g/mol. The molecule has 0 bridgehead atoms. The summed E-state index contributed by atoms with van der Waals surface area (Å²) in [5.41, 5.74) is 18.0. The topological polar surface area (TPSA) is 72.6 Å². The first-order valence-electron chi connectivity index (χ1n) is 24.0. The minimum absolute atomic E-state index is 0.212. The molecule has 1 aliphatic rings. The number of nitrogens with zero attached hydrogens (tertiary/aromatic N) is 7. The van der Waals surface area contributed by atoms with E-state index in [1.807, 2.05) is 73.1 Å². The second-order valence-corrected chi connectivity index (χ2v) is 18.6. The predicted octanol–water partition coefficient (Wildman–Crippen LogP) is 15.9. The van der Waals surface area contributed by atoms with Crippen LogP contribution in [0.15, 0.2) is 237 Å². The van der Waals surface area contributed by atoms with Gasteiger partial charge in [-0.2, -0.15) is 9.97 Å². The van der Waals surface area contributed by atoms with E-state index in [0.717, 1.165) is 83.6 Å². The van der Waals surface area contributed by atoms with Crippen LogP contribution in [0.2, 0.25) is 0 Å². The Balaban J connectivity index is 1.01. The Labute approximate surface area is 412 Å². The van der Waals surface area contributed by atoms with Gasteiger partial charge in [-0.25, -0.2) is 4.98 Å². The van der Waals surface area contributed by atoms with Crippen LogP contribution in [-0.2, 0) is 5.41 Å². The van der Waals surface area contributed by atoms with Crippen LogP contribution in [0.5, 0.6) is 0 Å². The van der Waals surface area contributed by atoms with Crippen LogP contribution in [0.3, 0.4) is 0 Å². The SMILES string of the molecule is CC1(C)c2ccccc2-c2cc3c4cc(-c5cccc(N(c6cccc(-c7ccccn7)c6)c6cccc(-c7ccccn7)c6)c5)ccc4n(-c4nc(-c5ccccc5)nc(-c5ccccc5)n4)c3cc21. The first kappa shape index (κ1) is 41.8. The normalized spacial score (nSPS) is 12.5. The summed E-state index contributed by atoms with van der Waals surface area (Å²) < 4.78 is 2.25. The Hall–Kier alpha value is -9.33. The molecule has 0 unspecified atom stereocenters. The number of anilines is 3. The van der Waals surface area contributed by atoms with Gasteiger partial charge in [0, 0.05) is 67.9 Å². The Morgan fingerprint density at radius 2 is 0.873 bits per heavy atom. The summed E-state index contributed by atoms with van der Waals surface area (Å²) in [4.78, 5) is 27.4. The fraction of sp³-hybridized carbons (Fsp3) is 0.0469. The molecule has 0 spiro atoms. The number of rotatable bonds is 9. The first-order chi connectivity index (χ1) is 34.9. The molecule has 71 heavy (non-hydrogen) atoms. The lowest BCUT2D eigenvalue weighted by molar-refractivity contribution is 0.661. The minimum Gasteiger partial charge on any atom is -0.310 e. The summed E-state index contributed by atoms with van der Waals surface area (Å²) >= 11 is 0. The summed E-state index contributed by atoms with van der Waals surface area (Å²) in [5.74, 6) is 1.80. The van der Waals surface area contributed by atoms with E-state index in [9.17, 15) is 0 Å². The highest BCUT2D eigenvalue weighted by Crippen LogP contribution is 2.51. The molecule has 0 saturated carbocycles. The quantitative estimate of drug-likeness (QED) is 0.144. The predicted molar refractivity (Wildman–Crippen MR) is 289 cm³/mol. The van der Waals surface area contributed by atoms with E-state index in [1.54, 1.807) is 0 Å². The highest BCUT2D eigenvalue weighted by molar-refractivity contribution is 6.12. The standard InChI is InChI=1S/C64H45N7/c1-64(2)55-29-10-9-28-51(55)52-40-54-53-39-45(32-33-59(53)71(60(54)41-56(52)64)63-68-61(42-18-5-3-6-19-42)67-62(69-63)43-20-7-4-8-21-43)44-22-15-25-48(36-44)70(49-26-16-23-46(37-49)57-30-11-13-34-65-57)50-27-17-24-47(38-50)58-31-12-14-35-66-58/h3-41H,1-2H3. The van der Waals surface area contributed by atoms with Crippen LogP contribution in [0.25, 0.3) is 95.3 Å². The highest BCUT2D eigenvalue weighted by Gasteiger charge is 2.36. The lowest BCUT2D eigenvalue weighted by atomic mass is 9.82. The van der Waals surface area contributed by atoms with Crippen molar-refractivity contribution in [3.05, 3.63) is 248 Å². The number of pyridine rings is 2. The lowest BCUT2D eigenvalue weighted by Gasteiger charge is -2.27. The van der Waals surface area contributed by atoms with E-state index in [1.165, 1.54) is 22.3 Å². The molecule has 4 aromatic heterocycles. The Bertz CT molecular complexity index is 3820. The maximum Gasteiger partial charge on any atom is 0.238 e. The number of aromatic nitrogens is 6. The van der Waals surface area contributed by atoms with Crippen LogP contribution >= 0.6 is 0 Å². The van der Waals surface area contributed by atoms with E-state index in [2.05, 4.69) is 187 Å². The molecule has 4 heterocycles. The van der Waals surface area contributed by atoms with Crippen LogP contribution < -0.4 is 4.90 Å². The molecule has 0 atom stereocenters. The van der Waals surface area contributed by atoms with Gasteiger partial charge in [0.1, 0.15) is 0 Å². The molecule has 0 amide bonds. The number of hydrogen-bond acceptors (Lipinski definition) is 6. The van der Waals surface area contributed by atoms with Crippen molar-refractivity contribution >= 4 is 38.9 Å². The Morgan fingerprint density at radius 1 is 0.366 bits per heavy atom. The molecule has 1 aliphatic carbocycles.